The highest BCUT2D eigenvalue weighted by atomic mass is 16.4. The molecule has 2 N–H and O–H groups in total. The van der Waals surface area contributed by atoms with Crippen LogP contribution in [0.3, 0.4) is 0 Å². The van der Waals surface area contributed by atoms with Gasteiger partial charge in [-0.3, -0.25) is 9.59 Å². The molecule has 6 heteroatoms. The number of hydrogen-bond acceptors (Lipinski definition) is 5. The van der Waals surface area contributed by atoms with Crippen LogP contribution >= 0.6 is 0 Å². The molecule has 0 unspecified atom stereocenters. The Morgan fingerprint density at radius 1 is 1.10 bits per heavy atom. The van der Waals surface area contributed by atoms with Crippen molar-refractivity contribution in [3.05, 3.63) is 52.3 Å². The maximum absolute atomic E-state index is 12.9. The third-order valence-electron chi connectivity index (χ3n) is 5.20. The first-order valence-corrected chi connectivity index (χ1v) is 10.9. The summed E-state index contributed by atoms with van der Waals surface area (Å²) in [5, 5.41) is 12.8. The van der Waals surface area contributed by atoms with Gasteiger partial charge in [-0.2, -0.15) is 0 Å². The lowest BCUT2D eigenvalue weighted by Crippen LogP contribution is -2.24. The summed E-state index contributed by atoms with van der Waals surface area (Å²) in [6.07, 6.45) is 2.31. The van der Waals surface area contributed by atoms with Gasteiger partial charge in [0.25, 0.3) is 0 Å². The Hall–Kier alpha value is -2.76. The molecular weight excluding hydrogens is 390 g/mol. The highest BCUT2D eigenvalue weighted by Gasteiger charge is 2.28. The normalized spacial score (nSPS) is 12.5. The van der Waals surface area contributed by atoms with Crippen molar-refractivity contribution < 1.29 is 14.7 Å². The maximum Gasteiger partial charge on any atom is 0.306 e. The summed E-state index contributed by atoms with van der Waals surface area (Å²) >= 11 is 0. The molecule has 1 atom stereocenters. The summed E-state index contributed by atoms with van der Waals surface area (Å²) in [5.41, 5.74) is 3.99. The predicted octanol–water partition coefficient (Wildman–Crippen LogP) is 5.16. The fourth-order valence-electron chi connectivity index (χ4n) is 3.87. The summed E-state index contributed by atoms with van der Waals surface area (Å²) in [4.78, 5) is 33.4. The van der Waals surface area contributed by atoms with Crippen molar-refractivity contribution in [2.45, 2.75) is 67.2 Å². The number of anilines is 1. The van der Waals surface area contributed by atoms with Crippen molar-refractivity contribution in [2.24, 2.45) is 11.3 Å². The van der Waals surface area contributed by atoms with E-state index in [1.807, 2.05) is 20.8 Å². The minimum Gasteiger partial charge on any atom is -0.481 e. The van der Waals surface area contributed by atoms with Gasteiger partial charge in [-0.15, -0.1) is 0 Å². The molecule has 0 fully saturated rings. The molecule has 1 heterocycles. The zero-order chi connectivity index (χ0) is 23.2. The second-order valence-electron chi connectivity index (χ2n) is 9.54. The van der Waals surface area contributed by atoms with E-state index in [1.165, 1.54) is 11.1 Å². The van der Waals surface area contributed by atoms with Crippen LogP contribution in [0.4, 0.5) is 5.95 Å². The number of aromatic nitrogens is 2. The number of nitrogens with one attached hydrogen (secondary N) is 1. The van der Waals surface area contributed by atoms with Gasteiger partial charge >= 0.3 is 5.97 Å². The second kappa shape index (κ2) is 10.5. The molecule has 0 bridgehead atoms. The van der Waals surface area contributed by atoms with Gasteiger partial charge in [0, 0.05) is 13.0 Å². The van der Waals surface area contributed by atoms with Crippen molar-refractivity contribution in [2.75, 3.05) is 11.9 Å². The van der Waals surface area contributed by atoms with E-state index >= 15 is 0 Å². The Kier molecular flexibility index (Phi) is 8.31. The highest BCUT2D eigenvalue weighted by Crippen LogP contribution is 2.28. The first-order chi connectivity index (χ1) is 14.5. The van der Waals surface area contributed by atoms with Crippen LogP contribution in [-0.4, -0.2) is 33.4 Å². The van der Waals surface area contributed by atoms with Crippen molar-refractivity contribution in [1.29, 1.82) is 0 Å². The van der Waals surface area contributed by atoms with Crippen LogP contribution in [0.25, 0.3) is 0 Å². The molecule has 2 rings (SSSR count). The lowest BCUT2D eigenvalue weighted by molar-refractivity contribution is -0.142. The first-order valence-electron chi connectivity index (χ1n) is 10.9. The number of aliphatic carboxylic acids is 1. The lowest BCUT2D eigenvalue weighted by atomic mass is 9.82. The van der Waals surface area contributed by atoms with Gasteiger partial charge in [0.2, 0.25) is 5.95 Å². The smallest absolute Gasteiger partial charge is 0.306 e. The van der Waals surface area contributed by atoms with Crippen LogP contribution < -0.4 is 5.32 Å². The summed E-state index contributed by atoms with van der Waals surface area (Å²) < 4.78 is 0. The Balaban J connectivity index is 2.00. The monoisotopic (exact) mass is 425 g/mol. The zero-order valence-corrected chi connectivity index (χ0v) is 19.6. The first kappa shape index (κ1) is 24.5. The number of aryl methyl sites for hydroxylation is 4. The molecule has 6 nitrogen and oxygen atoms in total. The van der Waals surface area contributed by atoms with Gasteiger partial charge in [-0.25, -0.2) is 9.97 Å². The maximum atomic E-state index is 12.9. The molecule has 0 aliphatic rings. The average Bonchev–Trinajstić information content (AvgIpc) is 2.63. The molecule has 0 saturated carbocycles. The molecular formula is C25H35N3O3. The molecule has 31 heavy (non-hydrogen) atoms. The summed E-state index contributed by atoms with van der Waals surface area (Å²) in [6.45, 7) is 12.3. The number of nitrogens with zero attached hydrogens (tertiary/aromatic N) is 2. The van der Waals surface area contributed by atoms with Crippen LogP contribution in [0.5, 0.6) is 0 Å². The Morgan fingerprint density at radius 3 is 2.29 bits per heavy atom. The summed E-state index contributed by atoms with van der Waals surface area (Å²) in [6, 6.07) is 8.48. The largest absolute Gasteiger partial charge is 0.481 e. The highest BCUT2D eigenvalue weighted by molar-refractivity contribution is 5.99. The fourth-order valence-corrected chi connectivity index (χ4v) is 3.87. The van der Waals surface area contributed by atoms with E-state index < -0.39 is 11.9 Å². The van der Waals surface area contributed by atoms with E-state index in [4.69, 9.17) is 0 Å². The Bertz CT molecular complexity index is 909. The average molecular weight is 426 g/mol. The van der Waals surface area contributed by atoms with E-state index in [-0.39, 0.29) is 17.6 Å². The molecule has 0 amide bonds. The Labute approximate surface area is 185 Å². The Morgan fingerprint density at radius 2 is 1.74 bits per heavy atom. The molecule has 0 aliphatic heterocycles. The number of carboxylic acid groups (broad SMARTS) is 1. The fraction of sp³-hybridized carbons (Fsp3) is 0.520. The third kappa shape index (κ3) is 7.78. The van der Waals surface area contributed by atoms with Gasteiger partial charge < -0.3 is 10.4 Å². The van der Waals surface area contributed by atoms with Gasteiger partial charge in [-0.05, 0) is 51.0 Å². The summed E-state index contributed by atoms with van der Waals surface area (Å²) in [7, 11) is 0. The molecule has 1 aromatic heterocycles. The lowest BCUT2D eigenvalue weighted by Gasteiger charge is -2.23. The number of carbonyl (C=O) groups excluding carboxylic acids is 1. The topological polar surface area (TPSA) is 92.2 Å². The number of carboxylic acids is 1. The van der Waals surface area contributed by atoms with E-state index in [2.05, 4.69) is 46.5 Å². The molecule has 0 aliphatic carbocycles. The molecule has 168 valence electrons. The number of Topliss-reactive ketones (excluding diaryl/α,β-unsaturated/α-hetero) is 1. The van der Waals surface area contributed by atoms with Crippen LogP contribution in [0.15, 0.2) is 24.3 Å². The molecule has 2 aromatic rings. The molecule has 1 aromatic carbocycles. The minimum atomic E-state index is -0.939. The number of benzene rings is 1. The minimum absolute atomic E-state index is 0.0408. The van der Waals surface area contributed by atoms with Gasteiger partial charge in [-0.1, -0.05) is 50.6 Å². The van der Waals surface area contributed by atoms with Crippen LogP contribution in [-0.2, 0) is 11.2 Å². The zero-order valence-electron chi connectivity index (χ0n) is 19.6. The number of carbonyl (C=O) groups is 2. The standard InChI is InChI=1S/C25H35N3O3/c1-16-9-7-10-19(13-16)11-8-12-26-24-27-17(2)22(18(3)28-24)21(29)14-20(23(30)31)15-25(4,5)6/h7,9-10,13,20H,8,11-12,14-15H2,1-6H3,(H,30,31)(H,26,27,28)/t20-/m0/s1. The van der Waals surface area contributed by atoms with Crippen molar-refractivity contribution >= 4 is 17.7 Å². The van der Waals surface area contributed by atoms with E-state index in [0.29, 0.717) is 29.3 Å². The van der Waals surface area contributed by atoms with Gasteiger partial charge in [0.15, 0.2) is 5.78 Å². The quantitative estimate of drug-likeness (QED) is 0.404. The molecule has 0 saturated heterocycles. The second-order valence-corrected chi connectivity index (χ2v) is 9.54. The predicted molar refractivity (Wildman–Crippen MR) is 124 cm³/mol. The van der Waals surface area contributed by atoms with Crippen LogP contribution in [0.1, 0.15) is 72.9 Å². The van der Waals surface area contributed by atoms with Crippen LogP contribution in [0, 0.1) is 32.1 Å². The van der Waals surface area contributed by atoms with Crippen LogP contribution in [0.2, 0.25) is 0 Å². The molecule has 0 spiro atoms. The summed E-state index contributed by atoms with van der Waals surface area (Å²) in [5.74, 6) is -1.37. The van der Waals surface area contributed by atoms with E-state index in [9.17, 15) is 14.7 Å². The van der Waals surface area contributed by atoms with Crippen molar-refractivity contribution in [3.8, 4) is 0 Å². The molecule has 0 radical (unpaired) electrons. The number of rotatable bonds is 10. The van der Waals surface area contributed by atoms with Crippen molar-refractivity contribution in [3.63, 3.8) is 0 Å². The van der Waals surface area contributed by atoms with Gasteiger partial charge in [0.05, 0.1) is 22.9 Å². The van der Waals surface area contributed by atoms with E-state index in [0.717, 1.165) is 19.4 Å². The van der Waals surface area contributed by atoms with E-state index in [1.54, 1.807) is 13.8 Å². The van der Waals surface area contributed by atoms with Crippen molar-refractivity contribution in [1.82, 2.24) is 9.97 Å². The third-order valence-corrected chi connectivity index (χ3v) is 5.20. The number of ketones is 1. The number of hydrogen-bond donors (Lipinski definition) is 2. The van der Waals surface area contributed by atoms with Gasteiger partial charge in [0.1, 0.15) is 0 Å². The SMILES string of the molecule is Cc1cccc(CCCNc2nc(C)c(C(=O)C[C@@H](CC(C)(C)C)C(=O)O)c(C)n2)c1.